The normalized spacial score (nSPS) is 22.7. The molecule has 1 saturated heterocycles. The Balaban J connectivity index is 2.01. The molecule has 1 aromatic heterocycles. The fourth-order valence-electron chi connectivity index (χ4n) is 2.14. The van der Waals surface area contributed by atoms with Gasteiger partial charge in [-0.3, -0.25) is 0 Å². The summed E-state index contributed by atoms with van der Waals surface area (Å²) in [5.74, 6) is 0.818. The maximum atomic E-state index is 4.54. The fraction of sp³-hybridized carbons (Fsp3) is 0.750. The summed E-state index contributed by atoms with van der Waals surface area (Å²) in [6.07, 6.45) is 3.33. The Kier molecular flexibility index (Phi) is 3.82. The van der Waals surface area contributed by atoms with Crippen molar-refractivity contribution in [2.75, 3.05) is 24.5 Å². The zero-order valence-corrected chi connectivity index (χ0v) is 11.2. The van der Waals surface area contributed by atoms with E-state index in [4.69, 9.17) is 0 Å². The van der Waals surface area contributed by atoms with E-state index >= 15 is 0 Å². The van der Waals surface area contributed by atoms with Crippen LogP contribution in [-0.4, -0.2) is 24.6 Å². The molecule has 1 aliphatic heterocycles. The second-order valence-electron chi connectivity index (χ2n) is 4.66. The molecule has 1 aliphatic rings. The van der Waals surface area contributed by atoms with Crippen molar-refractivity contribution in [2.45, 2.75) is 33.2 Å². The molecule has 0 bridgehead atoms. The van der Waals surface area contributed by atoms with Crippen LogP contribution >= 0.6 is 11.3 Å². The number of hydrogen-bond donors (Lipinski definition) is 1. The first kappa shape index (κ1) is 11.9. The zero-order chi connectivity index (χ0) is 11.5. The highest BCUT2D eigenvalue weighted by Gasteiger charge is 2.21. The van der Waals surface area contributed by atoms with Gasteiger partial charge >= 0.3 is 0 Å². The number of anilines is 1. The van der Waals surface area contributed by atoms with Crippen molar-refractivity contribution in [3.63, 3.8) is 0 Å². The van der Waals surface area contributed by atoms with Crippen molar-refractivity contribution in [1.82, 2.24) is 10.3 Å². The maximum Gasteiger partial charge on any atom is 0.185 e. The zero-order valence-electron chi connectivity index (χ0n) is 10.4. The second kappa shape index (κ2) is 5.15. The summed E-state index contributed by atoms with van der Waals surface area (Å²) in [4.78, 5) is 8.30. The summed E-state index contributed by atoms with van der Waals surface area (Å²) in [6, 6.07) is 0.427. The number of thiazole rings is 1. The monoisotopic (exact) mass is 239 g/mol. The molecular formula is C12H21N3S. The Hall–Kier alpha value is -0.610. The van der Waals surface area contributed by atoms with Gasteiger partial charge in [0, 0.05) is 30.2 Å². The Morgan fingerprint density at radius 1 is 1.69 bits per heavy atom. The van der Waals surface area contributed by atoms with Crippen LogP contribution < -0.4 is 10.2 Å². The molecule has 2 heterocycles. The molecule has 0 radical (unpaired) electrons. The van der Waals surface area contributed by atoms with Gasteiger partial charge in [0.2, 0.25) is 0 Å². The molecule has 4 heteroatoms. The van der Waals surface area contributed by atoms with Crippen LogP contribution in [0.1, 0.15) is 38.1 Å². The SMILES string of the molecule is CCNC(C)c1cnc(N2CCC(C)C2)s1. The van der Waals surface area contributed by atoms with Crippen LogP contribution in [0.3, 0.4) is 0 Å². The minimum atomic E-state index is 0.427. The highest BCUT2D eigenvalue weighted by molar-refractivity contribution is 7.15. The smallest absolute Gasteiger partial charge is 0.185 e. The van der Waals surface area contributed by atoms with Gasteiger partial charge in [0.15, 0.2) is 5.13 Å². The molecule has 1 N–H and O–H groups in total. The van der Waals surface area contributed by atoms with Gasteiger partial charge in [-0.25, -0.2) is 4.98 Å². The van der Waals surface area contributed by atoms with E-state index in [9.17, 15) is 0 Å². The Labute approximate surface area is 102 Å². The first-order valence-corrected chi connectivity index (χ1v) is 6.96. The first-order valence-electron chi connectivity index (χ1n) is 6.14. The third-order valence-electron chi connectivity index (χ3n) is 3.14. The number of hydrogen-bond acceptors (Lipinski definition) is 4. The van der Waals surface area contributed by atoms with Crippen molar-refractivity contribution in [3.05, 3.63) is 11.1 Å². The molecule has 1 fully saturated rings. The van der Waals surface area contributed by atoms with Gasteiger partial charge in [-0.05, 0) is 25.8 Å². The highest BCUT2D eigenvalue weighted by atomic mass is 32.1. The third-order valence-corrected chi connectivity index (χ3v) is 4.38. The lowest BCUT2D eigenvalue weighted by Gasteiger charge is -2.13. The van der Waals surface area contributed by atoms with E-state index in [1.54, 1.807) is 0 Å². The minimum absolute atomic E-state index is 0.427. The number of nitrogens with zero attached hydrogens (tertiary/aromatic N) is 2. The van der Waals surface area contributed by atoms with Gasteiger partial charge < -0.3 is 10.2 Å². The summed E-state index contributed by atoms with van der Waals surface area (Å²) in [6.45, 7) is 10.0. The molecule has 0 aromatic carbocycles. The predicted molar refractivity (Wildman–Crippen MR) is 70.2 cm³/mol. The number of rotatable bonds is 4. The molecule has 0 aliphatic carbocycles. The van der Waals surface area contributed by atoms with Gasteiger partial charge in [-0.2, -0.15) is 0 Å². The van der Waals surface area contributed by atoms with Crippen LogP contribution in [0.4, 0.5) is 5.13 Å². The predicted octanol–water partition coefficient (Wildman–Crippen LogP) is 2.66. The van der Waals surface area contributed by atoms with Crippen molar-refractivity contribution in [3.8, 4) is 0 Å². The minimum Gasteiger partial charge on any atom is -0.348 e. The van der Waals surface area contributed by atoms with Crippen molar-refractivity contribution < 1.29 is 0 Å². The van der Waals surface area contributed by atoms with E-state index in [-0.39, 0.29) is 0 Å². The number of nitrogens with one attached hydrogen (secondary N) is 1. The topological polar surface area (TPSA) is 28.2 Å². The Morgan fingerprint density at radius 3 is 3.12 bits per heavy atom. The lowest BCUT2D eigenvalue weighted by molar-refractivity contribution is 0.606. The van der Waals surface area contributed by atoms with Gasteiger partial charge in [0.1, 0.15) is 0 Å². The van der Waals surface area contributed by atoms with E-state index in [1.807, 2.05) is 17.5 Å². The Morgan fingerprint density at radius 2 is 2.50 bits per heavy atom. The maximum absolute atomic E-state index is 4.54. The molecular weight excluding hydrogens is 218 g/mol. The van der Waals surface area contributed by atoms with Crippen LogP contribution in [-0.2, 0) is 0 Å². The third kappa shape index (κ3) is 2.55. The van der Waals surface area contributed by atoms with Crippen LogP contribution in [0, 0.1) is 5.92 Å². The van der Waals surface area contributed by atoms with E-state index in [1.165, 1.54) is 29.5 Å². The number of aromatic nitrogens is 1. The molecule has 2 unspecified atom stereocenters. The molecule has 0 spiro atoms. The van der Waals surface area contributed by atoms with Crippen LogP contribution in [0.25, 0.3) is 0 Å². The highest BCUT2D eigenvalue weighted by Crippen LogP contribution is 2.30. The molecule has 90 valence electrons. The molecule has 1 aromatic rings. The standard InChI is InChI=1S/C12H21N3S/c1-4-13-10(3)11-7-14-12(16-11)15-6-5-9(2)8-15/h7,9-10,13H,4-6,8H2,1-3H3. The quantitative estimate of drug-likeness (QED) is 0.875. The lowest BCUT2D eigenvalue weighted by atomic mass is 10.2. The molecule has 0 saturated carbocycles. The Bertz CT molecular complexity index is 337. The van der Waals surface area contributed by atoms with Gasteiger partial charge in [0.05, 0.1) is 0 Å². The van der Waals surface area contributed by atoms with E-state index in [0.717, 1.165) is 12.5 Å². The summed E-state index contributed by atoms with van der Waals surface area (Å²) >= 11 is 1.83. The van der Waals surface area contributed by atoms with Gasteiger partial charge in [-0.1, -0.05) is 13.8 Å². The van der Waals surface area contributed by atoms with Crippen molar-refractivity contribution in [1.29, 1.82) is 0 Å². The average molecular weight is 239 g/mol. The molecule has 2 rings (SSSR count). The fourth-order valence-corrected chi connectivity index (χ4v) is 3.12. The van der Waals surface area contributed by atoms with Crippen molar-refractivity contribution in [2.24, 2.45) is 5.92 Å². The van der Waals surface area contributed by atoms with E-state index in [2.05, 4.69) is 36.0 Å². The summed E-state index contributed by atoms with van der Waals surface area (Å²) in [5.41, 5.74) is 0. The second-order valence-corrected chi connectivity index (χ2v) is 5.71. The van der Waals surface area contributed by atoms with Crippen LogP contribution in [0.15, 0.2) is 6.20 Å². The largest absolute Gasteiger partial charge is 0.348 e. The molecule has 16 heavy (non-hydrogen) atoms. The van der Waals surface area contributed by atoms with E-state index in [0.29, 0.717) is 6.04 Å². The van der Waals surface area contributed by atoms with Crippen LogP contribution in [0.5, 0.6) is 0 Å². The molecule has 3 nitrogen and oxygen atoms in total. The molecule has 2 atom stereocenters. The molecule has 0 amide bonds. The lowest BCUT2D eigenvalue weighted by Crippen LogP contribution is -2.18. The van der Waals surface area contributed by atoms with Crippen molar-refractivity contribution >= 4 is 16.5 Å². The van der Waals surface area contributed by atoms with E-state index < -0.39 is 0 Å². The van der Waals surface area contributed by atoms with Gasteiger partial charge in [-0.15, -0.1) is 11.3 Å². The summed E-state index contributed by atoms with van der Waals surface area (Å²) < 4.78 is 0. The summed E-state index contributed by atoms with van der Waals surface area (Å²) in [7, 11) is 0. The summed E-state index contributed by atoms with van der Waals surface area (Å²) in [5, 5.41) is 4.62. The average Bonchev–Trinajstić information content (AvgIpc) is 2.85. The first-order chi connectivity index (χ1) is 7.70. The van der Waals surface area contributed by atoms with Gasteiger partial charge in [0.25, 0.3) is 0 Å². The van der Waals surface area contributed by atoms with Crippen LogP contribution in [0.2, 0.25) is 0 Å².